The summed E-state index contributed by atoms with van der Waals surface area (Å²) >= 11 is 3.46. The van der Waals surface area contributed by atoms with Crippen LogP contribution in [0.3, 0.4) is 0 Å². The zero-order valence-corrected chi connectivity index (χ0v) is 13.9. The van der Waals surface area contributed by atoms with Crippen LogP contribution in [-0.4, -0.2) is 21.1 Å². The van der Waals surface area contributed by atoms with Gasteiger partial charge in [0.15, 0.2) is 0 Å². The third-order valence-corrected chi connectivity index (χ3v) is 3.84. The predicted molar refractivity (Wildman–Crippen MR) is 88.1 cm³/mol. The molecule has 0 aliphatic carbocycles. The van der Waals surface area contributed by atoms with E-state index in [-0.39, 0.29) is 5.69 Å². The summed E-state index contributed by atoms with van der Waals surface area (Å²) in [6.45, 7) is 4.88. The largest absolute Gasteiger partial charge is 0.356 e. The van der Waals surface area contributed by atoms with Crippen LogP contribution < -0.4 is 11.0 Å². The van der Waals surface area contributed by atoms with Crippen LogP contribution >= 0.6 is 15.9 Å². The van der Waals surface area contributed by atoms with E-state index in [0.29, 0.717) is 5.95 Å². The third kappa shape index (κ3) is 3.91. The molecular weight excluding hydrogens is 332 g/mol. The van der Waals surface area contributed by atoms with Gasteiger partial charge in [0.2, 0.25) is 5.95 Å². The molecule has 112 valence electrons. The van der Waals surface area contributed by atoms with Crippen LogP contribution in [0, 0.1) is 6.92 Å². The highest BCUT2D eigenvalue weighted by Crippen LogP contribution is 2.22. The smallest absolute Gasteiger partial charge is 0.354 e. The second-order valence-corrected chi connectivity index (χ2v) is 5.73. The minimum atomic E-state index is -0.335. The zero-order valence-electron chi connectivity index (χ0n) is 12.3. The fourth-order valence-corrected chi connectivity index (χ4v) is 2.73. The van der Waals surface area contributed by atoms with Gasteiger partial charge in [-0.2, -0.15) is 4.98 Å². The molecule has 0 bridgehead atoms. The van der Waals surface area contributed by atoms with Gasteiger partial charge in [0.1, 0.15) is 6.33 Å². The Bertz CT molecular complexity index is 649. The molecule has 0 unspecified atom stereocenters. The summed E-state index contributed by atoms with van der Waals surface area (Å²) in [5, 5.41) is 3.08. The molecule has 0 aliphatic rings. The Morgan fingerprint density at radius 2 is 2.14 bits per heavy atom. The van der Waals surface area contributed by atoms with Gasteiger partial charge in [0.25, 0.3) is 0 Å². The van der Waals surface area contributed by atoms with E-state index in [2.05, 4.69) is 38.1 Å². The third-order valence-electron chi connectivity index (χ3n) is 3.20. The monoisotopic (exact) mass is 350 g/mol. The second-order valence-electron chi connectivity index (χ2n) is 4.87. The summed E-state index contributed by atoms with van der Waals surface area (Å²) in [5.74, 6) is 0.386. The Morgan fingerprint density at radius 3 is 2.81 bits per heavy atom. The molecule has 0 saturated heterocycles. The molecule has 0 spiro atoms. The van der Waals surface area contributed by atoms with Crippen molar-refractivity contribution in [1.82, 2.24) is 14.5 Å². The maximum atomic E-state index is 12.2. The number of unbranched alkanes of at least 4 members (excludes halogenated alkanes) is 2. The molecule has 21 heavy (non-hydrogen) atoms. The lowest BCUT2D eigenvalue weighted by atomic mass is 10.2. The van der Waals surface area contributed by atoms with Crippen molar-refractivity contribution in [2.24, 2.45) is 0 Å². The highest BCUT2D eigenvalue weighted by atomic mass is 79.9. The van der Waals surface area contributed by atoms with E-state index in [1.165, 1.54) is 10.9 Å². The minimum absolute atomic E-state index is 0.335. The fourth-order valence-electron chi connectivity index (χ4n) is 2.08. The number of nitrogens with zero attached hydrogens (tertiary/aromatic N) is 3. The van der Waals surface area contributed by atoms with E-state index in [9.17, 15) is 4.79 Å². The summed E-state index contributed by atoms with van der Waals surface area (Å²) in [6, 6.07) is 5.77. The number of rotatable bonds is 6. The Morgan fingerprint density at radius 1 is 1.33 bits per heavy atom. The van der Waals surface area contributed by atoms with Crippen molar-refractivity contribution in [2.45, 2.75) is 33.1 Å². The first-order valence-corrected chi connectivity index (χ1v) is 7.88. The molecule has 0 amide bonds. The maximum absolute atomic E-state index is 12.2. The summed E-state index contributed by atoms with van der Waals surface area (Å²) in [5.41, 5.74) is 1.43. The molecule has 0 fully saturated rings. The van der Waals surface area contributed by atoms with Gasteiger partial charge >= 0.3 is 5.69 Å². The number of halogens is 1. The maximum Gasteiger partial charge on any atom is 0.356 e. The van der Waals surface area contributed by atoms with E-state index in [4.69, 9.17) is 0 Å². The van der Waals surface area contributed by atoms with Gasteiger partial charge in [-0.25, -0.2) is 14.3 Å². The first kappa shape index (κ1) is 15.7. The normalized spacial score (nSPS) is 10.6. The van der Waals surface area contributed by atoms with E-state index in [0.717, 1.165) is 41.5 Å². The number of aromatic nitrogens is 3. The molecule has 5 nitrogen and oxygen atoms in total. The van der Waals surface area contributed by atoms with Crippen molar-refractivity contribution in [1.29, 1.82) is 0 Å². The molecule has 1 heterocycles. The number of benzene rings is 1. The van der Waals surface area contributed by atoms with E-state index in [1.807, 2.05) is 25.1 Å². The van der Waals surface area contributed by atoms with E-state index < -0.39 is 0 Å². The molecule has 0 radical (unpaired) electrons. The Balaban J connectivity index is 2.22. The average molecular weight is 351 g/mol. The standard InChI is InChI=1S/C15H19BrN4O/c1-3-4-5-9-17-14-18-10-20(15(21)19-14)13-11(2)7-6-8-12(13)16/h6-8,10H,3-5,9H2,1-2H3,(H,17,19,21). The topological polar surface area (TPSA) is 59.8 Å². The number of hydrogen-bond acceptors (Lipinski definition) is 4. The minimum Gasteiger partial charge on any atom is -0.354 e. The van der Waals surface area contributed by atoms with Gasteiger partial charge in [-0.3, -0.25) is 0 Å². The zero-order chi connectivity index (χ0) is 15.2. The lowest BCUT2D eigenvalue weighted by molar-refractivity contribution is 0.737. The summed E-state index contributed by atoms with van der Waals surface area (Å²) in [7, 11) is 0. The van der Waals surface area contributed by atoms with Crippen LogP contribution in [-0.2, 0) is 0 Å². The lowest BCUT2D eigenvalue weighted by Gasteiger charge is -2.11. The fraction of sp³-hybridized carbons (Fsp3) is 0.400. The SMILES string of the molecule is CCCCCNc1ncn(-c2c(C)cccc2Br)c(=O)n1. The molecular formula is C15H19BrN4O. The molecule has 1 N–H and O–H groups in total. The van der Waals surface area contributed by atoms with Crippen LogP contribution in [0.15, 0.2) is 33.8 Å². The van der Waals surface area contributed by atoms with Gasteiger partial charge < -0.3 is 5.32 Å². The summed E-state index contributed by atoms with van der Waals surface area (Å²) < 4.78 is 2.30. The summed E-state index contributed by atoms with van der Waals surface area (Å²) in [6.07, 6.45) is 4.88. The average Bonchev–Trinajstić information content (AvgIpc) is 2.45. The van der Waals surface area contributed by atoms with Crippen LogP contribution in [0.1, 0.15) is 31.7 Å². The van der Waals surface area contributed by atoms with Gasteiger partial charge in [-0.15, -0.1) is 0 Å². The van der Waals surface area contributed by atoms with Crippen LogP contribution in [0.4, 0.5) is 5.95 Å². The van der Waals surface area contributed by atoms with Crippen molar-refractivity contribution in [2.75, 3.05) is 11.9 Å². The van der Waals surface area contributed by atoms with Crippen molar-refractivity contribution in [3.8, 4) is 5.69 Å². The molecule has 0 aliphatic heterocycles. The number of anilines is 1. The first-order chi connectivity index (χ1) is 10.1. The lowest BCUT2D eigenvalue weighted by Crippen LogP contribution is -2.24. The van der Waals surface area contributed by atoms with Crippen LogP contribution in [0.2, 0.25) is 0 Å². The molecule has 2 rings (SSSR count). The molecule has 0 atom stereocenters. The quantitative estimate of drug-likeness (QED) is 0.812. The number of hydrogen-bond donors (Lipinski definition) is 1. The van der Waals surface area contributed by atoms with Gasteiger partial charge in [0.05, 0.1) is 5.69 Å². The molecule has 0 saturated carbocycles. The second kappa shape index (κ2) is 7.36. The van der Waals surface area contributed by atoms with Crippen molar-refractivity contribution < 1.29 is 0 Å². The van der Waals surface area contributed by atoms with Crippen molar-refractivity contribution in [3.05, 3.63) is 45.0 Å². The van der Waals surface area contributed by atoms with E-state index in [1.54, 1.807) is 0 Å². The van der Waals surface area contributed by atoms with Gasteiger partial charge in [0, 0.05) is 11.0 Å². The highest BCUT2D eigenvalue weighted by Gasteiger charge is 2.09. The highest BCUT2D eigenvalue weighted by molar-refractivity contribution is 9.10. The van der Waals surface area contributed by atoms with E-state index >= 15 is 0 Å². The van der Waals surface area contributed by atoms with Crippen molar-refractivity contribution >= 4 is 21.9 Å². The molecule has 1 aromatic carbocycles. The number of para-hydroxylation sites is 1. The number of nitrogens with one attached hydrogen (secondary N) is 1. The number of aryl methyl sites for hydroxylation is 1. The van der Waals surface area contributed by atoms with Crippen LogP contribution in [0.5, 0.6) is 0 Å². The molecule has 1 aromatic heterocycles. The first-order valence-electron chi connectivity index (χ1n) is 7.08. The summed E-state index contributed by atoms with van der Waals surface area (Å²) in [4.78, 5) is 20.4. The Kier molecular flexibility index (Phi) is 5.50. The van der Waals surface area contributed by atoms with Crippen molar-refractivity contribution in [3.63, 3.8) is 0 Å². The Labute approximate surface area is 132 Å². The predicted octanol–water partition coefficient (Wildman–Crippen LogP) is 3.30. The van der Waals surface area contributed by atoms with Crippen LogP contribution in [0.25, 0.3) is 5.69 Å². The Hall–Kier alpha value is -1.69. The van der Waals surface area contributed by atoms with Gasteiger partial charge in [-0.1, -0.05) is 31.9 Å². The molecule has 2 aromatic rings. The van der Waals surface area contributed by atoms with Gasteiger partial charge in [-0.05, 0) is 40.9 Å². The molecule has 6 heteroatoms.